The Morgan fingerprint density at radius 3 is 2.54 bits per heavy atom. The van der Waals surface area contributed by atoms with Crippen molar-refractivity contribution in [2.75, 3.05) is 39.3 Å². The molecular formula is C17H25Cl2N5O2. The Labute approximate surface area is 163 Å². The fourth-order valence-corrected chi connectivity index (χ4v) is 3.85. The van der Waals surface area contributed by atoms with Gasteiger partial charge in [-0.25, -0.2) is 4.68 Å². The van der Waals surface area contributed by atoms with Gasteiger partial charge in [-0.1, -0.05) is 23.2 Å². The number of rotatable bonds is 4. The van der Waals surface area contributed by atoms with Crippen LogP contribution in [0.5, 0.6) is 0 Å². The number of aromatic nitrogens is 2. The largest absolute Gasteiger partial charge is 0.339 e. The van der Waals surface area contributed by atoms with Crippen LogP contribution >= 0.6 is 23.2 Å². The van der Waals surface area contributed by atoms with E-state index >= 15 is 0 Å². The zero-order chi connectivity index (χ0) is 18.7. The van der Waals surface area contributed by atoms with Crippen LogP contribution in [0.15, 0.2) is 11.0 Å². The number of nitrogens with zero attached hydrogens (tertiary/aromatic N) is 5. The minimum Gasteiger partial charge on any atom is -0.339 e. The molecule has 0 aromatic carbocycles. The summed E-state index contributed by atoms with van der Waals surface area (Å²) in [6.45, 7) is 7.01. The van der Waals surface area contributed by atoms with Crippen LogP contribution in [0.3, 0.4) is 0 Å². The lowest BCUT2D eigenvalue weighted by Gasteiger charge is -2.38. The van der Waals surface area contributed by atoms with Crippen molar-refractivity contribution in [3.05, 3.63) is 26.6 Å². The minimum atomic E-state index is -0.379. The first kappa shape index (κ1) is 19.6. The van der Waals surface area contributed by atoms with Gasteiger partial charge in [-0.2, -0.15) is 5.10 Å². The SMILES string of the molecule is CC1CCCCN1C(=O)CN1CCN(Cn2ncc(Cl)c(Cl)c2=O)CC1. The van der Waals surface area contributed by atoms with Gasteiger partial charge in [0.05, 0.1) is 24.4 Å². The Hall–Kier alpha value is -1.15. The molecule has 2 aliphatic rings. The first-order valence-electron chi connectivity index (χ1n) is 9.11. The van der Waals surface area contributed by atoms with Gasteiger partial charge in [-0.15, -0.1) is 0 Å². The zero-order valence-electron chi connectivity index (χ0n) is 15.0. The van der Waals surface area contributed by atoms with Crippen molar-refractivity contribution in [2.24, 2.45) is 0 Å². The molecule has 7 nitrogen and oxygen atoms in total. The van der Waals surface area contributed by atoms with E-state index in [2.05, 4.69) is 21.8 Å². The predicted molar refractivity (Wildman–Crippen MR) is 102 cm³/mol. The highest BCUT2D eigenvalue weighted by atomic mass is 35.5. The molecule has 0 radical (unpaired) electrons. The van der Waals surface area contributed by atoms with Crippen LogP contribution in [0.25, 0.3) is 0 Å². The number of halogens is 2. The van der Waals surface area contributed by atoms with Gasteiger partial charge in [0.25, 0.3) is 5.56 Å². The van der Waals surface area contributed by atoms with E-state index in [0.717, 1.165) is 45.6 Å². The second kappa shape index (κ2) is 8.69. The molecule has 9 heteroatoms. The molecule has 1 amide bonds. The summed E-state index contributed by atoms with van der Waals surface area (Å²) >= 11 is 11.7. The minimum absolute atomic E-state index is 0.00144. The topological polar surface area (TPSA) is 61.7 Å². The van der Waals surface area contributed by atoms with Gasteiger partial charge in [0.15, 0.2) is 0 Å². The van der Waals surface area contributed by atoms with Crippen molar-refractivity contribution in [3.63, 3.8) is 0 Å². The molecule has 2 aliphatic heterocycles. The third-order valence-electron chi connectivity index (χ3n) is 5.22. The van der Waals surface area contributed by atoms with Crippen LogP contribution in [-0.2, 0) is 11.5 Å². The summed E-state index contributed by atoms with van der Waals surface area (Å²) < 4.78 is 1.32. The van der Waals surface area contributed by atoms with Gasteiger partial charge in [0.2, 0.25) is 5.91 Å². The Bertz CT molecular complexity index is 703. The molecule has 144 valence electrons. The molecule has 1 aromatic heterocycles. The van der Waals surface area contributed by atoms with E-state index in [9.17, 15) is 9.59 Å². The fourth-order valence-electron chi connectivity index (χ4n) is 3.57. The van der Waals surface area contributed by atoms with Crippen molar-refractivity contribution in [1.29, 1.82) is 0 Å². The molecule has 0 N–H and O–H groups in total. The monoisotopic (exact) mass is 401 g/mol. The number of piperidine rings is 1. The van der Waals surface area contributed by atoms with Crippen molar-refractivity contribution >= 4 is 29.1 Å². The summed E-state index contributed by atoms with van der Waals surface area (Å²) in [5.41, 5.74) is -0.379. The molecule has 3 heterocycles. The number of likely N-dealkylation sites (tertiary alicyclic amines) is 1. The van der Waals surface area contributed by atoms with Gasteiger partial charge in [0.1, 0.15) is 5.02 Å². The molecule has 26 heavy (non-hydrogen) atoms. The number of hydrogen-bond acceptors (Lipinski definition) is 5. The maximum absolute atomic E-state index is 12.6. The van der Waals surface area contributed by atoms with Gasteiger partial charge >= 0.3 is 0 Å². The second-order valence-corrected chi connectivity index (χ2v) is 7.86. The zero-order valence-corrected chi connectivity index (χ0v) is 16.5. The summed E-state index contributed by atoms with van der Waals surface area (Å²) in [4.78, 5) is 31.0. The fraction of sp³-hybridized carbons (Fsp3) is 0.706. The summed E-state index contributed by atoms with van der Waals surface area (Å²) in [5.74, 6) is 0.230. The maximum atomic E-state index is 12.6. The van der Waals surface area contributed by atoms with Crippen molar-refractivity contribution in [3.8, 4) is 0 Å². The highest BCUT2D eigenvalue weighted by Gasteiger charge is 2.26. The molecule has 1 atom stereocenters. The molecule has 2 saturated heterocycles. The second-order valence-electron chi connectivity index (χ2n) is 7.08. The van der Waals surface area contributed by atoms with Crippen LogP contribution in [0.1, 0.15) is 26.2 Å². The van der Waals surface area contributed by atoms with Crippen molar-refractivity contribution < 1.29 is 4.79 Å². The average molecular weight is 402 g/mol. The van der Waals surface area contributed by atoms with E-state index in [4.69, 9.17) is 23.2 Å². The highest BCUT2D eigenvalue weighted by Crippen LogP contribution is 2.17. The van der Waals surface area contributed by atoms with Crippen LogP contribution in [0, 0.1) is 0 Å². The molecule has 0 spiro atoms. The summed E-state index contributed by atoms with van der Waals surface area (Å²) in [5, 5.41) is 4.21. The molecule has 0 bridgehead atoms. The quantitative estimate of drug-likeness (QED) is 0.765. The van der Waals surface area contributed by atoms with E-state index in [0.29, 0.717) is 19.3 Å². The van der Waals surface area contributed by atoms with Gasteiger partial charge < -0.3 is 4.90 Å². The number of carbonyl (C=O) groups is 1. The lowest BCUT2D eigenvalue weighted by Crippen LogP contribution is -2.52. The Balaban J connectivity index is 1.49. The molecule has 3 rings (SSSR count). The standard InChI is InChI=1S/C17H25Cl2N5O2/c1-13-4-2-3-5-23(13)15(25)11-21-6-8-22(9-7-21)12-24-17(26)16(19)14(18)10-20-24/h10,13H,2-9,11-12H2,1H3. The molecule has 0 saturated carbocycles. The number of carbonyl (C=O) groups excluding carboxylic acids is 1. The lowest BCUT2D eigenvalue weighted by atomic mass is 10.0. The lowest BCUT2D eigenvalue weighted by molar-refractivity contribution is -0.136. The van der Waals surface area contributed by atoms with Gasteiger partial charge in [-0.3, -0.25) is 19.4 Å². The number of piperazine rings is 1. The van der Waals surface area contributed by atoms with Crippen LogP contribution in [0.2, 0.25) is 10.0 Å². The van der Waals surface area contributed by atoms with Gasteiger partial charge in [-0.05, 0) is 26.2 Å². The molecule has 2 fully saturated rings. The normalized spacial score (nSPS) is 22.6. The maximum Gasteiger partial charge on any atom is 0.288 e. The predicted octanol–water partition coefficient (Wildman–Crippen LogP) is 1.53. The van der Waals surface area contributed by atoms with E-state index in [-0.39, 0.29) is 21.5 Å². The summed E-state index contributed by atoms with van der Waals surface area (Å²) in [6, 6.07) is 0.352. The third-order valence-corrected chi connectivity index (χ3v) is 5.97. The van der Waals surface area contributed by atoms with Crippen LogP contribution in [0.4, 0.5) is 0 Å². The first-order chi connectivity index (χ1) is 12.5. The highest BCUT2D eigenvalue weighted by molar-refractivity contribution is 6.41. The van der Waals surface area contributed by atoms with E-state index in [1.54, 1.807) is 0 Å². The summed E-state index contributed by atoms with van der Waals surface area (Å²) in [6.07, 6.45) is 4.81. The Kier molecular flexibility index (Phi) is 6.55. The molecule has 1 unspecified atom stereocenters. The Morgan fingerprint density at radius 1 is 1.15 bits per heavy atom. The van der Waals surface area contributed by atoms with Crippen LogP contribution in [-0.4, -0.2) is 75.7 Å². The average Bonchev–Trinajstić information content (AvgIpc) is 2.64. The first-order valence-corrected chi connectivity index (χ1v) is 9.86. The van der Waals surface area contributed by atoms with E-state index in [1.807, 2.05) is 4.90 Å². The van der Waals surface area contributed by atoms with E-state index < -0.39 is 0 Å². The summed E-state index contributed by atoms with van der Waals surface area (Å²) in [7, 11) is 0. The Morgan fingerprint density at radius 2 is 1.85 bits per heavy atom. The number of amides is 1. The number of hydrogen-bond donors (Lipinski definition) is 0. The molecular weight excluding hydrogens is 377 g/mol. The third kappa shape index (κ3) is 4.57. The van der Waals surface area contributed by atoms with E-state index in [1.165, 1.54) is 17.3 Å². The van der Waals surface area contributed by atoms with Gasteiger partial charge in [0, 0.05) is 38.8 Å². The van der Waals surface area contributed by atoms with Crippen LogP contribution < -0.4 is 5.56 Å². The smallest absolute Gasteiger partial charge is 0.288 e. The van der Waals surface area contributed by atoms with Crippen molar-refractivity contribution in [1.82, 2.24) is 24.5 Å². The molecule has 0 aliphatic carbocycles. The molecule has 1 aromatic rings. The van der Waals surface area contributed by atoms with Crippen molar-refractivity contribution in [2.45, 2.75) is 38.9 Å².